The van der Waals surface area contributed by atoms with E-state index >= 15 is 0 Å². The second kappa shape index (κ2) is 5.48. The minimum Gasteiger partial charge on any atom is -0.347 e. The molecule has 1 aromatic carbocycles. The molecule has 1 N–H and O–H groups in total. The highest BCUT2D eigenvalue weighted by atomic mass is 79.9. The molecule has 0 aromatic heterocycles. The van der Waals surface area contributed by atoms with Crippen molar-refractivity contribution in [3.8, 4) is 0 Å². The molecule has 1 unspecified atom stereocenters. The summed E-state index contributed by atoms with van der Waals surface area (Å²) in [5.74, 6) is -1.34. The molecule has 18 heavy (non-hydrogen) atoms. The van der Waals surface area contributed by atoms with E-state index in [4.69, 9.17) is 11.6 Å². The van der Waals surface area contributed by atoms with Crippen LogP contribution in [-0.4, -0.2) is 15.9 Å². The van der Waals surface area contributed by atoms with Crippen LogP contribution >= 0.6 is 27.5 Å². The lowest BCUT2D eigenvalue weighted by molar-refractivity contribution is -0.156. The van der Waals surface area contributed by atoms with Gasteiger partial charge in [0.15, 0.2) is 0 Å². The van der Waals surface area contributed by atoms with Crippen LogP contribution in [-0.2, 0) is 4.79 Å². The number of alkyl halides is 5. The summed E-state index contributed by atoms with van der Waals surface area (Å²) in [4.78, 5) is 11.5. The Bertz CT molecular complexity index is 422. The number of carbonyl (C=O) groups is 1. The highest BCUT2D eigenvalue weighted by Crippen LogP contribution is 2.42. The quantitative estimate of drug-likeness (QED) is 0.831. The van der Waals surface area contributed by atoms with Crippen molar-refractivity contribution in [2.75, 3.05) is 0 Å². The number of amides is 1. The van der Waals surface area contributed by atoms with E-state index in [1.54, 1.807) is 37.3 Å². The van der Waals surface area contributed by atoms with Crippen LogP contribution in [0.25, 0.3) is 0 Å². The molecule has 2 atom stereocenters. The van der Waals surface area contributed by atoms with Crippen LogP contribution in [0.1, 0.15) is 18.5 Å². The van der Waals surface area contributed by atoms with E-state index in [1.165, 1.54) is 0 Å². The predicted octanol–water partition coefficient (Wildman–Crippen LogP) is 3.76. The summed E-state index contributed by atoms with van der Waals surface area (Å²) in [6.45, 7) is 1.57. The normalized spacial score (nSPS) is 16.8. The van der Waals surface area contributed by atoms with Crippen LogP contribution in [0.2, 0.25) is 0 Å². The van der Waals surface area contributed by atoms with E-state index in [2.05, 4.69) is 21.2 Å². The monoisotopic (exact) mass is 343 g/mol. The van der Waals surface area contributed by atoms with Gasteiger partial charge in [0.2, 0.25) is 0 Å². The van der Waals surface area contributed by atoms with Gasteiger partial charge >= 0.3 is 6.18 Å². The number of nitrogens with one attached hydrogen (secondary N) is 1. The number of halogens is 5. The van der Waals surface area contributed by atoms with Crippen LogP contribution in [0.15, 0.2) is 30.3 Å². The molecule has 0 radical (unpaired) electrons. The van der Waals surface area contributed by atoms with Crippen LogP contribution in [0.5, 0.6) is 0 Å². The van der Waals surface area contributed by atoms with E-state index in [-0.39, 0.29) is 0 Å². The molecular weight excluding hydrogens is 334 g/mol. The molecule has 1 rings (SSSR count). The largest absolute Gasteiger partial charge is 0.426 e. The Morgan fingerprint density at radius 3 is 2.28 bits per heavy atom. The molecule has 0 bridgehead atoms. The maximum atomic E-state index is 12.5. The van der Waals surface area contributed by atoms with Crippen molar-refractivity contribution in [2.24, 2.45) is 0 Å². The maximum Gasteiger partial charge on any atom is 0.426 e. The van der Waals surface area contributed by atoms with Crippen molar-refractivity contribution in [1.29, 1.82) is 0 Å². The fraction of sp³-hybridized carbons (Fsp3) is 0.364. The summed E-state index contributed by atoms with van der Waals surface area (Å²) in [5.41, 5.74) is 0.688. The number of benzene rings is 1. The lowest BCUT2D eigenvalue weighted by atomic mass is 10.1. The summed E-state index contributed by atoms with van der Waals surface area (Å²) >= 11 is 7.37. The van der Waals surface area contributed by atoms with Gasteiger partial charge in [0.25, 0.3) is 9.69 Å². The highest BCUT2D eigenvalue weighted by molar-refractivity contribution is 9.10. The van der Waals surface area contributed by atoms with Gasteiger partial charge in [-0.15, -0.1) is 0 Å². The molecule has 0 saturated carbocycles. The molecule has 0 aliphatic carbocycles. The van der Waals surface area contributed by atoms with Gasteiger partial charge in [-0.3, -0.25) is 4.79 Å². The fourth-order valence-electron chi connectivity index (χ4n) is 1.24. The number of rotatable bonds is 3. The first kappa shape index (κ1) is 15.3. The van der Waals surface area contributed by atoms with Gasteiger partial charge in [0, 0.05) is 0 Å². The van der Waals surface area contributed by atoms with E-state index in [0.717, 1.165) is 0 Å². The van der Waals surface area contributed by atoms with Gasteiger partial charge in [-0.25, -0.2) is 0 Å². The van der Waals surface area contributed by atoms with Gasteiger partial charge in [0.1, 0.15) is 0 Å². The minimum absolute atomic E-state index is 0.572. The molecule has 1 aromatic rings. The molecule has 7 heteroatoms. The van der Waals surface area contributed by atoms with Crippen LogP contribution in [0.3, 0.4) is 0 Å². The molecule has 100 valence electrons. The van der Waals surface area contributed by atoms with Crippen LogP contribution < -0.4 is 5.32 Å². The Morgan fingerprint density at radius 1 is 1.33 bits per heavy atom. The van der Waals surface area contributed by atoms with Crippen LogP contribution in [0, 0.1) is 0 Å². The predicted molar refractivity (Wildman–Crippen MR) is 66.6 cm³/mol. The zero-order chi connectivity index (χ0) is 14.0. The molecule has 0 fully saturated rings. The molecule has 1 amide bonds. The highest BCUT2D eigenvalue weighted by Gasteiger charge is 2.58. The fourth-order valence-corrected chi connectivity index (χ4v) is 1.41. The summed E-state index contributed by atoms with van der Waals surface area (Å²) in [6, 6.07) is 8.04. The SMILES string of the molecule is C[C@H](NC(=O)C(Cl)(Br)C(F)(F)F)c1ccccc1. The first-order valence-corrected chi connectivity index (χ1v) is 6.14. The summed E-state index contributed by atoms with van der Waals surface area (Å²) in [5, 5.41) is 2.21. The molecule has 0 heterocycles. The molecular formula is C11H10BrClF3NO. The smallest absolute Gasteiger partial charge is 0.347 e. The second-order valence-electron chi connectivity index (χ2n) is 3.68. The zero-order valence-corrected chi connectivity index (χ0v) is 11.6. The third kappa shape index (κ3) is 3.38. The third-order valence-electron chi connectivity index (χ3n) is 2.29. The zero-order valence-electron chi connectivity index (χ0n) is 9.26. The Balaban J connectivity index is 2.78. The van der Waals surface area contributed by atoms with Gasteiger partial charge in [-0.2, -0.15) is 13.2 Å². The van der Waals surface area contributed by atoms with Crippen LogP contribution in [0.4, 0.5) is 13.2 Å². The first-order chi connectivity index (χ1) is 8.16. The van der Waals surface area contributed by atoms with Crippen molar-refractivity contribution in [2.45, 2.75) is 22.9 Å². The average Bonchev–Trinajstić information content (AvgIpc) is 2.28. The number of hydrogen-bond acceptors (Lipinski definition) is 1. The van der Waals surface area contributed by atoms with E-state index in [1.807, 2.05) is 0 Å². The van der Waals surface area contributed by atoms with Gasteiger partial charge in [-0.1, -0.05) is 41.9 Å². The van der Waals surface area contributed by atoms with E-state index < -0.39 is 21.9 Å². The standard InChI is InChI=1S/C11H10BrClF3NO/c1-7(8-5-3-2-4-6-8)17-9(18)10(12,13)11(14,15)16/h2-7H,1H3,(H,17,18)/t7-,10?/m0/s1. The molecule has 0 aliphatic heterocycles. The van der Waals surface area contributed by atoms with Crippen molar-refractivity contribution in [1.82, 2.24) is 5.32 Å². The second-order valence-corrected chi connectivity index (χ2v) is 5.89. The van der Waals surface area contributed by atoms with Crippen molar-refractivity contribution in [3.63, 3.8) is 0 Å². The Morgan fingerprint density at radius 2 is 1.83 bits per heavy atom. The Kier molecular flexibility index (Phi) is 4.66. The molecule has 2 nitrogen and oxygen atoms in total. The van der Waals surface area contributed by atoms with E-state index in [0.29, 0.717) is 5.56 Å². The lowest BCUT2D eigenvalue weighted by Gasteiger charge is -2.24. The Labute approximate surface area is 116 Å². The number of hydrogen-bond donors (Lipinski definition) is 1. The average molecular weight is 345 g/mol. The molecule has 0 saturated heterocycles. The maximum absolute atomic E-state index is 12.5. The van der Waals surface area contributed by atoms with Crippen molar-refractivity contribution >= 4 is 33.4 Å². The number of carbonyl (C=O) groups excluding carboxylic acids is 1. The van der Waals surface area contributed by atoms with Gasteiger partial charge < -0.3 is 5.32 Å². The first-order valence-electron chi connectivity index (χ1n) is 4.96. The Hall–Kier alpha value is -0.750. The van der Waals surface area contributed by atoms with Crippen molar-refractivity contribution < 1.29 is 18.0 Å². The molecule has 0 spiro atoms. The molecule has 0 aliphatic rings. The van der Waals surface area contributed by atoms with E-state index in [9.17, 15) is 18.0 Å². The summed E-state index contributed by atoms with van der Waals surface area (Å²) in [6.07, 6.45) is -4.88. The van der Waals surface area contributed by atoms with Crippen molar-refractivity contribution in [3.05, 3.63) is 35.9 Å². The van der Waals surface area contributed by atoms with Gasteiger partial charge in [0.05, 0.1) is 6.04 Å². The summed E-state index contributed by atoms with van der Waals surface area (Å²) < 4.78 is 34.4. The van der Waals surface area contributed by atoms with Gasteiger partial charge in [-0.05, 0) is 28.4 Å². The summed E-state index contributed by atoms with van der Waals surface area (Å²) in [7, 11) is 0. The minimum atomic E-state index is -4.88. The third-order valence-corrected chi connectivity index (χ3v) is 3.48. The topological polar surface area (TPSA) is 29.1 Å². The lowest BCUT2D eigenvalue weighted by Crippen LogP contribution is -2.48.